The third-order valence-corrected chi connectivity index (χ3v) is 4.35. The van der Waals surface area contributed by atoms with Crippen LogP contribution in [0.2, 0.25) is 0 Å². The number of nitrogens with one attached hydrogen (secondary N) is 1. The summed E-state index contributed by atoms with van der Waals surface area (Å²) >= 11 is 0.450. The number of halogens is 2. The van der Waals surface area contributed by atoms with E-state index in [0.717, 1.165) is 12.0 Å². The Kier molecular flexibility index (Phi) is 7.13. The van der Waals surface area contributed by atoms with Gasteiger partial charge in [0.2, 0.25) is 5.91 Å². The van der Waals surface area contributed by atoms with Crippen LogP contribution in [0.3, 0.4) is 0 Å². The number of anilines is 1. The highest BCUT2D eigenvalue weighted by Crippen LogP contribution is 2.26. The summed E-state index contributed by atoms with van der Waals surface area (Å²) in [5, 5.41) is 2.66. The molecule has 0 bridgehead atoms. The van der Waals surface area contributed by atoms with Gasteiger partial charge >= 0.3 is 0 Å². The Morgan fingerprint density at radius 3 is 2.20 bits per heavy atom. The van der Waals surface area contributed by atoms with Crippen LogP contribution in [0.25, 0.3) is 0 Å². The van der Waals surface area contributed by atoms with Gasteiger partial charge in [0.1, 0.15) is 0 Å². The lowest BCUT2D eigenvalue weighted by Gasteiger charge is -2.07. The quantitative estimate of drug-likeness (QED) is 0.520. The van der Waals surface area contributed by atoms with Gasteiger partial charge in [-0.05, 0) is 36.2 Å². The second-order valence-electron chi connectivity index (χ2n) is 5.42. The minimum Gasteiger partial charge on any atom is -0.326 e. The van der Waals surface area contributed by atoms with Gasteiger partial charge in [-0.1, -0.05) is 43.0 Å². The van der Waals surface area contributed by atoms with Crippen molar-refractivity contribution < 1.29 is 18.4 Å². The fourth-order valence-electron chi connectivity index (χ4n) is 2.24. The molecule has 132 valence electrons. The van der Waals surface area contributed by atoms with Crippen molar-refractivity contribution in [1.82, 2.24) is 0 Å². The van der Waals surface area contributed by atoms with Gasteiger partial charge in [0, 0.05) is 29.0 Å². The van der Waals surface area contributed by atoms with E-state index in [1.165, 1.54) is 12.1 Å². The van der Waals surface area contributed by atoms with Gasteiger partial charge in [-0.25, -0.2) is 0 Å². The molecule has 2 rings (SSSR count). The number of thioether (sulfide) groups is 1. The maximum absolute atomic E-state index is 12.3. The van der Waals surface area contributed by atoms with Crippen LogP contribution in [0.5, 0.6) is 0 Å². The third-order valence-electron chi connectivity index (χ3n) is 3.63. The molecule has 0 aromatic heterocycles. The number of rotatable bonds is 8. The van der Waals surface area contributed by atoms with E-state index in [9.17, 15) is 18.4 Å². The number of benzene rings is 2. The molecule has 0 radical (unpaired) electrons. The minimum absolute atomic E-state index is 0.0713. The number of hydrogen-bond acceptors (Lipinski definition) is 3. The summed E-state index contributed by atoms with van der Waals surface area (Å²) in [7, 11) is 0. The van der Waals surface area contributed by atoms with Crippen LogP contribution >= 0.6 is 11.8 Å². The number of carbonyl (C=O) groups excluding carboxylic acids is 2. The van der Waals surface area contributed by atoms with Crippen LogP contribution in [0.4, 0.5) is 14.5 Å². The van der Waals surface area contributed by atoms with Crippen molar-refractivity contribution in [2.24, 2.45) is 0 Å². The van der Waals surface area contributed by atoms with Crippen molar-refractivity contribution in [3.63, 3.8) is 0 Å². The van der Waals surface area contributed by atoms with Gasteiger partial charge in [-0.3, -0.25) is 9.59 Å². The number of Topliss-reactive ketones (excluding diaryl/α,β-unsaturated/α-hetero) is 1. The molecule has 2 aromatic rings. The summed E-state index contributed by atoms with van der Waals surface area (Å²) in [6.45, 7) is 2.04. The Morgan fingerprint density at radius 1 is 1.00 bits per heavy atom. The second-order valence-corrected chi connectivity index (χ2v) is 6.49. The Balaban J connectivity index is 1.82. The SMILES string of the molecule is CCc1ccc(C(=O)CCC(=O)Nc2ccc(SC(F)F)cc2)cc1. The molecule has 0 heterocycles. The van der Waals surface area contributed by atoms with Crippen molar-refractivity contribution in [2.75, 3.05) is 5.32 Å². The number of aryl methyl sites for hydroxylation is 1. The standard InChI is InChI=1S/C19H19F2NO2S/c1-2-13-3-5-14(6-4-13)17(23)11-12-18(24)22-15-7-9-16(10-8-15)25-19(20)21/h3-10,19H,2,11-12H2,1H3,(H,22,24). The Morgan fingerprint density at radius 2 is 1.64 bits per heavy atom. The molecule has 25 heavy (non-hydrogen) atoms. The zero-order valence-corrected chi connectivity index (χ0v) is 14.6. The first-order valence-electron chi connectivity index (χ1n) is 7.95. The lowest BCUT2D eigenvalue weighted by atomic mass is 10.0. The Labute approximate surface area is 149 Å². The molecule has 0 unspecified atom stereocenters. The molecule has 0 saturated carbocycles. The average Bonchev–Trinajstić information content (AvgIpc) is 2.61. The predicted octanol–water partition coefficient (Wildman–Crippen LogP) is 5.17. The number of hydrogen-bond donors (Lipinski definition) is 1. The number of carbonyl (C=O) groups is 2. The maximum Gasteiger partial charge on any atom is 0.288 e. The molecule has 0 aliphatic rings. The molecule has 1 N–H and O–H groups in total. The van der Waals surface area contributed by atoms with E-state index in [2.05, 4.69) is 5.32 Å². The van der Waals surface area contributed by atoms with Gasteiger partial charge < -0.3 is 5.32 Å². The highest BCUT2D eigenvalue weighted by atomic mass is 32.2. The van der Waals surface area contributed by atoms with Crippen molar-refractivity contribution in [3.8, 4) is 0 Å². The predicted molar refractivity (Wildman–Crippen MR) is 96.3 cm³/mol. The molecule has 2 aromatic carbocycles. The van der Waals surface area contributed by atoms with Gasteiger partial charge in [-0.2, -0.15) is 8.78 Å². The van der Waals surface area contributed by atoms with Gasteiger partial charge in [-0.15, -0.1) is 0 Å². The van der Waals surface area contributed by atoms with Gasteiger partial charge in [0.25, 0.3) is 5.76 Å². The highest BCUT2D eigenvalue weighted by Gasteiger charge is 2.10. The second kappa shape index (κ2) is 9.32. The topological polar surface area (TPSA) is 46.2 Å². The van der Waals surface area contributed by atoms with E-state index in [1.807, 2.05) is 19.1 Å². The third kappa shape index (κ3) is 6.31. The van der Waals surface area contributed by atoms with Crippen LogP contribution in [0, 0.1) is 0 Å². The Bertz CT molecular complexity index is 715. The van der Waals surface area contributed by atoms with E-state index in [0.29, 0.717) is 27.9 Å². The molecular formula is C19H19F2NO2S. The smallest absolute Gasteiger partial charge is 0.288 e. The molecule has 0 saturated heterocycles. The van der Waals surface area contributed by atoms with E-state index in [1.54, 1.807) is 24.3 Å². The summed E-state index contributed by atoms with van der Waals surface area (Å²) in [6.07, 6.45) is 1.10. The van der Waals surface area contributed by atoms with Crippen LogP contribution in [0.15, 0.2) is 53.4 Å². The number of amides is 1. The largest absolute Gasteiger partial charge is 0.326 e. The van der Waals surface area contributed by atoms with E-state index in [4.69, 9.17) is 0 Å². The van der Waals surface area contributed by atoms with Crippen molar-refractivity contribution in [1.29, 1.82) is 0 Å². The number of alkyl halides is 2. The summed E-state index contributed by atoms with van der Waals surface area (Å²) in [6, 6.07) is 13.5. The van der Waals surface area contributed by atoms with Gasteiger partial charge in [0.05, 0.1) is 0 Å². The monoisotopic (exact) mass is 363 g/mol. The first-order valence-corrected chi connectivity index (χ1v) is 8.82. The zero-order chi connectivity index (χ0) is 18.2. The molecule has 6 heteroatoms. The van der Waals surface area contributed by atoms with Crippen molar-refractivity contribution >= 4 is 29.1 Å². The molecule has 0 spiro atoms. The Hall–Kier alpha value is -2.21. The molecule has 1 amide bonds. The van der Waals surface area contributed by atoms with Crippen LogP contribution in [-0.4, -0.2) is 17.4 Å². The van der Waals surface area contributed by atoms with Crippen LogP contribution < -0.4 is 5.32 Å². The average molecular weight is 363 g/mol. The molecule has 3 nitrogen and oxygen atoms in total. The molecule has 0 aliphatic heterocycles. The first kappa shape index (κ1) is 19.1. The van der Waals surface area contributed by atoms with Crippen molar-refractivity contribution in [3.05, 3.63) is 59.7 Å². The minimum atomic E-state index is -2.47. The fraction of sp³-hybridized carbons (Fsp3) is 0.263. The summed E-state index contributed by atoms with van der Waals surface area (Å²) in [4.78, 5) is 24.4. The molecular weight excluding hydrogens is 344 g/mol. The summed E-state index contributed by atoms with van der Waals surface area (Å²) in [5.74, 6) is -2.84. The lowest BCUT2D eigenvalue weighted by Crippen LogP contribution is -2.13. The maximum atomic E-state index is 12.3. The molecule has 0 aliphatic carbocycles. The first-order chi connectivity index (χ1) is 12.0. The zero-order valence-electron chi connectivity index (χ0n) is 13.8. The molecule has 0 fully saturated rings. The fourth-order valence-corrected chi connectivity index (χ4v) is 2.74. The summed E-state index contributed by atoms with van der Waals surface area (Å²) < 4.78 is 24.5. The molecule has 0 atom stereocenters. The van der Waals surface area contributed by atoms with Crippen LogP contribution in [0.1, 0.15) is 35.7 Å². The van der Waals surface area contributed by atoms with Gasteiger partial charge in [0.15, 0.2) is 5.78 Å². The highest BCUT2D eigenvalue weighted by molar-refractivity contribution is 7.99. The van der Waals surface area contributed by atoms with Crippen molar-refractivity contribution in [2.45, 2.75) is 36.8 Å². The van der Waals surface area contributed by atoms with E-state index >= 15 is 0 Å². The normalized spacial score (nSPS) is 10.7. The van der Waals surface area contributed by atoms with E-state index < -0.39 is 5.76 Å². The van der Waals surface area contributed by atoms with Crippen LogP contribution in [-0.2, 0) is 11.2 Å². The summed E-state index contributed by atoms with van der Waals surface area (Å²) in [5.41, 5.74) is 2.27. The lowest BCUT2D eigenvalue weighted by molar-refractivity contribution is -0.116. The number of ketones is 1. The van der Waals surface area contributed by atoms with E-state index in [-0.39, 0.29) is 24.5 Å².